The van der Waals surface area contributed by atoms with E-state index >= 15 is 0 Å². The molecule has 0 unspecified atom stereocenters. The zero-order chi connectivity index (χ0) is 13.6. The zero-order valence-corrected chi connectivity index (χ0v) is 9.97. The molecule has 0 aromatic heterocycles. The van der Waals surface area contributed by atoms with E-state index in [2.05, 4.69) is 12.2 Å². The first-order valence-corrected chi connectivity index (χ1v) is 5.65. The van der Waals surface area contributed by atoms with Crippen molar-refractivity contribution < 1.29 is 18.0 Å². The average Bonchev–Trinajstić information content (AvgIpc) is 2.25. The predicted octanol–water partition coefficient (Wildman–Crippen LogP) is 3.67. The van der Waals surface area contributed by atoms with E-state index in [1.54, 1.807) is 24.3 Å². The van der Waals surface area contributed by atoms with Gasteiger partial charge in [-0.2, -0.15) is 13.2 Å². The number of unbranched alkanes of at least 4 members (excludes halogenated alkanes) is 1. The van der Waals surface area contributed by atoms with Gasteiger partial charge in [-0.1, -0.05) is 25.5 Å². The third-order valence-corrected chi connectivity index (χ3v) is 2.29. The van der Waals surface area contributed by atoms with Gasteiger partial charge in [0.15, 0.2) is 0 Å². The first-order valence-electron chi connectivity index (χ1n) is 5.65. The van der Waals surface area contributed by atoms with Gasteiger partial charge in [-0.15, -0.1) is 0 Å². The number of halogens is 3. The van der Waals surface area contributed by atoms with Crippen molar-refractivity contribution in [3.8, 4) is 0 Å². The van der Waals surface area contributed by atoms with Crippen LogP contribution in [0.3, 0.4) is 0 Å². The van der Waals surface area contributed by atoms with E-state index in [4.69, 9.17) is 0 Å². The minimum atomic E-state index is -4.72. The summed E-state index contributed by atoms with van der Waals surface area (Å²) in [5.74, 6) is 0. The molecule has 100 valence electrons. The van der Waals surface area contributed by atoms with Gasteiger partial charge in [-0.25, -0.2) is 10.1 Å². The molecule has 1 aromatic carbocycles. The molecule has 0 heterocycles. The Morgan fingerprint density at radius 1 is 1.22 bits per heavy atom. The Morgan fingerprint density at radius 3 is 2.33 bits per heavy atom. The van der Waals surface area contributed by atoms with Crippen molar-refractivity contribution >= 4 is 11.7 Å². The highest BCUT2D eigenvalue weighted by Crippen LogP contribution is 2.13. The van der Waals surface area contributed by atoms with Crippen molar-refractivity contribution in [3.05, 3.63) is 29.8 Å². The van der Waals surface area contributed by atoms with Crippen molar-refractivity contribution in [2.45, 2.75) is 32.5 Å². The quantitative estimate of drug-likeness (QED) is 0.797. The molecule has 2 amide bonds. The third kappa shape index (κ3) is 5.56. The molecule has 0 aliphatic carbocycles. The highest BCUT2D eigenvalue weighted by atomic mass is 19.4. The molecule has 0 saturated heterocycles. The number of nitrogens with one attached hydrogen (secondary N) is 2. The molecule has 0 atom stereocenters. The van der Waals surface area contributed by atoms with E-state index in [9.17, 15) is 18.0 Å². The summed E-state index contributed by atoms with van der Waals surface area (Å²) in [5.41, 5.74) is 1.43. The average molecular weight is 260 g/mol. The second-order valence-corrected chi connectivity index (χ2v) is 3.88. The Morgan fingerprint density at radius 2 is 1.83 bits per heavy atom. The van der Waals surface area contributed by atoms with Crippen LogP contribution in [0.2, 0.25) is 0 Å². The van der Waals surface area contributed by atoms with Crippen LogP contribution in [-0.2, 0) is 6.42 Å². The topological polar surface area (TPSA) is 41.1 Å². The molecule has 1 aromatic rings. The minimum absolute atomic E-state index is 0.331. The molecular weight excluding hydrogens is 245 g/mol. The van der Waals surface area contributed by atoms with Gasteiger partial charge < -0.3 is 5.32 Å². The maximum Gasteiger partial charge on any atom is 0.485 e. The second kappa shape index (κ2) is 6.28. The fourth-order valence-corrected chi connectivity index (χ4v) is 1.43. The summed E-state index contributed by atoms with van der Waals surface area (Å²) < 4.78 is 35.5. The zero-order valence-electron chi connectivity index (χ0n) is 9.97. The van der Waals surface area contributed by atoms with E-state index in [1.165, 1.54) is 0 Å². The van der Waals surface area contributed by atoms with Crippen LogP contribution >= 0.6 is 0 Å². The molecule has 0 bridgehead atoms. The summed E-state index contributed by atoms with van der Waals surface area (Å²) in [4.78, 5) is 10.9. The number of benzene rings is 1. The van der Waals surface area contributed by atoms with Gasteiger partial charge >= 0.3 is 12.3 Å². The van der Waals surface area contributed by atoms with Crippen LogP contribution in [-0.4, -0.2) is 12.3 Å². The summed E-state index contributed by atoms with van der Waals surface area (Å²) in [6, 6.07) is 5.46. The van der Waals surface area contributed by atoms with E-state index in [0.29, 0.717) is 5.69 Å². The number of carbonyl (C=O) groups excluding carboxylic acids is 1. The monoisotopic (exact) mass is 260 g/mol. The maximum atomic E-state index is 11.8. The number of aryl methyl sites for hydroxylation is 1. The Labute approximate surface area is 103 Å². The number of hydrogen-bond donors (Lipinski definition) is 2. The van der Waals surface area contributed by atoms with Gasteiger partial charge in [0, 0.05) is 5.69 Å². The lowest BCUT2D eigenvalue weighted by atomic mass is 10.1. The Bertz CT molecular complexity index is 387. The van der Waals surface area contributed by atoms with Gasteiger partial charge in [0.05, 0.1) is 0 Å². The highest BCUT2D eigenvalue weighted by Gasteiger charge is 2.29. The number of urea groups is 1. The lowest BCUT2D eigenvalue weighted by molar-refractivity contribution is -0.144. The van der Waals surface area contributed by atoms with Crippen molar-refractivity contribution in [2.75, 3.05) is 5.32 Å². The largest absolute Gasteiger partial charge is 0.485 e. The predicted molar refractivity (Wildman–Crippen MR) is 63.3 cm³/mol. The van der Waals surface area contributed by atoms with Crippen LogP contribution in [0.15, 0.2) is 24.3 Å². The van der Waals surface area contributed by atoms with Crippen LogP contribution in [0, 0.1) is 0 Å². The van der Waals surface area contributed by atoms with E-state index < -0.39 is 12.3 Å². The minimum Gasteiger partial charge on any atom is -0.308 e. The summed E-state index contributed by atoms with van der Waals surface area (Å²) >= 11 is 0. The fraction of sp³-hybridized carbons (Fsp3) is 0.417. The van der Waals surface area contributed by atoms with Crippen LogP contribution in [0.25, 0.3) is 0 Å². The van der Waals surface area contributed by atoms with Gasteiger partial charge in [0.2, 0.25) is 0 Å². The highest BCUT2D eigenvalue weighted by molar-refractivity contribution is 5.89. The molecule has 0 radical (unpaired) electrons. The Hall–Kier alpha value is -1.72. The molecule has 3 nitrogen and oxygen atoms in total. The van der Waals surface area contributed by atoms with E-state index in [-0.39, 0.29) is 0 Å². The molecule has 0 fully saturated rings. The second-order valence-electron chi connectivity index (χ2n) is 3.88. The summed E-state index contributed by atoms with van der Waals surface area (Å²) in [7, 11) is 0. The maximum absolute atomic E-state index is 11.8. The molecular formula is C12H15F3N2O. The van der Waals surface area contributed by atoms with Crippen LogP contribution in [0.5, 0.6) is 0 Å². The number of carbonyl (C=O) groups is 1. The van der Waals surface area contributed by atoms with Gasteiger partial charge in [0.25, 0.3) is 0 Å². The smallest absolute Gasteiger partial charge is 0.308 e. The number of hydrogen-bond acceptors (Lipinski definition) is 1. The van der Waals surface area contributed by atoms with Crippen molar-refractivity contribution in [1.82, 2.24) is 5.32 Å². The van der Waals surface area contributed by atoms with Crippen LogP contribution in [0.1, 0.15) is 25.3 Å². The molecule has 18 heavy (non-hydrogen) atoms. The van der Waals surface area contributed by atoms with Gasteiger partial charge in [-0.3, -0.25) is 0 Å². The Kier molecular flexibility index (Phi) is 5.00. The summed E-state index contributed by atoms with van der Waals surface area (Å²) in [6.45, 7) is 2.08. The van der Waals surface area contributed by atoms with E-state index in [1.807, 2.05) is 0 Å². The SMILES string of the molecule is CCCCc1ccc(NC(=O)NC(F)(F)F)cc1. The molecule has 2 N–H and O–H groups in total. The first-order chi connectivity index (χ1) is 8.40. The molecule has 1 rings (SSSR count). The van der Waals surface area contributed by atoms with Crippen LogP contribution < -0.4 is 10.6 Å². The standard InChI is InChI=1S/C12H15F3N2O/c1-2-3-4-9-5-7-10(8-6-9)16-11(18)17-12(13,14)15/h5-8H,2-4H2,1H3,(H2,16,17,18). The number of alkyl halides is 3. The summed E-state index contributed by atoms with van der Waals surface area (Å²) in [6.07, 6.45) is -1.66. The normalized spacial score (nSPS) is 11.1. The number of amides is 2. The lowest BCUT2D eigenvalue weighted by Crippen LogP contribution is -2.40. The Balaban J connectivity index is 2.50. The first kappa shape index (κ1) is 14.3. The number of rotatable bonds is 4. The molecule has 6 heteroatoms. The van der Waals surface area contributed by atoms with E-state index in [0.717, 1.165) is 30.1 Å². The molecule has 0 saturated carbocycles. The third-order valence-electron chi connectivity index (χ3n) is 2.29. The summed E-state index contributed by atoms with van der Waals surface area (Å²) in [5, 5.41) is 2.98. The van der Waals surface area contributed by atoms with Crippen molar-refractivity contribution in [1.29, 1.82) is 0 Å². The fourth-order valence-electron chi connectivity index (χ4n) is 1.43. The van der Waals surface area contributed by atoms with Crippen molar-refractivity contribution in [3.63, 3.8) is 0 Å². The molecule has 0 spiro atoms. The molecule has 0 aliphatic heterocycles. The number of anilines is 1. The van der Waals surface area contributed by atoms with Crippen LogP contribution in [0.4, 0.5) is 23.7 Å². The van der Waals surface area contributed by atoms with Gasteiger partial charge in [-0.05, 0) is 30.5 Å². The van der Waals surface area contributed by atoms with Crippen molar-refractivity contribution in [2.24, 2.45) is 0 Å². The molecule has 0 aliphatic rings. The van der Waals surface area contributed by atoms with Gasteiger partial charge in [0.1, 0.15) is 0 Å². The lowest BCUT2D eigenvalue weighted by Gasteiger charge is -2.10.